The predicted molar refractivity (Wildman–Crippen MR) is 102 cm³/mol. The summed E-state index contributed by atoms with van der Waals surface area (Å²) in [6.07, 6.45) is 4.71. The maximum atomic E-state index is 13.2. The molecule has 148 valence electrons. The summed E-state index contributed by atoms with van der Waals surface area (Å²) in [5.41, 5.74) is 2.97. The van der Waals surface area contributed by atoms with E-state index in [1.54, 1.807) is 18.5 Å². The van der Waals surface area contributed by atoms with Gasteiger partial charge in [0.05, 0.1) is 24.5 Å². The van der Waals surface area contributed by atoms with Crippen LogP contribution in [0.2, 0.25) is 0 Å². The standard InChI is InChI=1S/C21H25FN4O2/c22-16-1-3-18(4-2-16)26-14-23-19-13-24(8-5-20(19)26)21(27)15-11-25(12-15)17-6-9-28-10-7-17/h1-4,14-15,17H,5-13H2. The first-order chi connectivity index (χ1) is 13.7. The average molecular weight is 384 g/mol. The first kappa shape index (κ1) is 17.8. The molecule has 0 spiro atoms. The summed E-state index contributed by atoms with van der Waals surface area (Å²) in [5, 5.41) is 0. The zero-order valence-corrected chi connectivity index (χ0v) is 15.9. The highest BCUT2D eigenvalue weighted by Crippen LogP contribution is 2.28. The van der Waals surface area contributed by atoms with Gasteiger partial charge in [0.1, 0.15) is 5.82 Å². The molecule has 0 radical (unpaired) electrons. The maximum absolute atomic E-state index is 13.2. The lowest BCUT2D eigenvalue weighted by atomic mass is 9.92. The number of imidazole rings is 1. The molecule has 5 rings (SSSR count). The van der Waals surface area contributed by atoms with E-state index >= 15 is 0 Å². The minimum absolute atomic E-state index is 0.114. The van der Waals surface area contributed by atoms with Crippen LogP contribution in [0.1, 0.15) is 24.2 Å². The second kappa shape index (κ2) is 7.29. The van der Waals surface area contributed by atoms with Gasteiger partial charge in [-0.25, -0.2) is 9.37 Å². The van der Waals surface area contributed by atoms with Crippen LogP contribution in [0.4, 0.5) is 4.39 Å². The number of hydrogen-bond acceptors (Lipinski definition) is 4. The second-order valence-electron chi connectivity index (χ2n) is 7.99. The zero-order chi connectivity index (χ0) is 19.1. The molecule has 1 aromatic heterocycles. The van der Waals surface area contributed by atoms with Crippen LogP contribution in [0.15, 0.2) is 30.6 Å². The van der Waals surface area contributed by atoms with Crippen molar-refractivity contribution >= 4 is 5.91 Å². The van der Waals surface area contributed by atoms with E-state index < -0.39 is 0 Å². The summed E-state index contributed by atoms with van der Waals surface area (Å²) >= 11 is 0. The number of aromatic nitrogens is 2. The minimum atomic E-state index is -0.246. The van der Waals surface area contributed by atoms with E-state index in [1.807, 2.05) is 9.47 Å². The quantitative estimate of drug-likeness (QED) is 0.812. The van der Waals surface area contributed by atoms with Gasteiger partial charge in [0.25, 0.3) is 0 Å². The SMILES string of the molecule is O=C(C1CN(C2CCOCC2)C1)N1CCc2c(ncn2-c2ccc(F)cc2)C1. The first-order valence-electron chi connectivity index (χ1n) is 10.1. The fourth-order valence-electron chi connectivity index (χ4n) is 4.60. The minimum Gasteiger partial charge on any atom is -0.381 e. The van der Waals surface area contributed by atoms with Gasteiger partial charge in [-0.3, -0.25) is 9.69 Å². The van der Waals surface area contributed by atoms with E-state index in [0.717, 1.165) is 62.6 Å². The van der Waals surface area contributed by atoms with Crippen molar-refractivity contribution in [1.29, 1.82) is 0 Å². The number of carbonyl (C=O) groups excluding carboxylic acids is 1. The summed E-state index contributed by atoms with van der Waals surface area (Å²) < 4.78 is 20.6. The molecule has 0 N–H and O–H groups in total. The molecule has 3 aliphatic rings. The second-order valence-corrected chi connectivity index (χ2v) is 7.99. The Kier molecular flexibility index (Phi) is 4.64. The van der Waals surface area contributed by atoms with Crippen LogP contribution in [0.25, 0.3) is 5.69 Å². The smallest absolute Gasteiger partial charge is 0.228 e. The van der Waals surface area contributed by atoms with Crippen molar-refractivity contribution in [1.82, 2.24) is 19.4 Å². The van der Waals surface area contributed by atoms with Gasteiger partial charge in [-0.2, -0.15) is 0 Å². The van der Waals surface area contributed by atoms with E-state index in [1.165, 1.54) is 12.1 Å². The van der Waals surface area contributed by atoms with Gasteiger partial charge in [0, 0.05) is 56.7 Å². The Hall–Kier alpha value is -2.25. The molecule has 0 bridgehead atoms. The van der Waals surface area contributed by atoms with E-state index in [2.05, 4.69) is 9.88 Å². The third kappa shape index (κ3) is 3.22. The van der Waals surface area contributed by atoms with E-state index in [0.29, 0.717) is 19.1 Å². The highest BCUT2D eigenvalue weighted by Gasteiger charge is 2.40. The number of nitrogens with zero attached hydrogens (tertiary/aromatic N) is 4. The summed E-state index contributed by atoms with van der Waals surface area (Å²) in [7, 11) is 0. The molecular weight excluding hydrogens is 359 g/mol. The molecule has 2 fully saturated rings. The van der Waals surface area contributed by atoms with Gasteiger partial charge in [-0.1, -0.05) is 0 Å². The topological polar surface area (TPSA) is 50.6 Å². The van der Waals surface area contributed by atoms with Gasteiger partial charge in [0.15, 0.2) is 0 Å². The molecule has 3 aliphatic heterocycles. The maximum Gasteiger partial charge on any atom is 0.228 e. The van der Waals surface area contributed by atoms with Crippen molar-refractivity contribution < 1.29 is 13.9 Å². The first-order valence-corrected chi connectivity index (χ1v) is 10.1. The van der Waals surface area contributed by atoms with Crippen LogP contribution in [0.5, 0.6) is 0 Å². The third-order valence-corrected chi connectivity index (χ3v) is 6.29. The van der Waals surface area contributed by atoms with E-state index in [9.17, 15) is 9.18 Å². The van der Waals surface area contributed by atoms with Crippen molar-refractivity contribution in [3.63, 3.8) is 0 Å². The van der Waals surface area contributed by atoms with Crippen molar-refractivity contribution in [2.45, 2.75) is 31.8 Å². The number of likely N-dealkylation sites (tertiary alicyclic amines) is 1. The van der Waals surface area contributed by atoms with Crippen LogP contribution < -0.4 is 0 Å². The Morgan fingerprint density at radius 1 is 1.14 bits per heavy atom. The fraction of sp³-hybridized carbons (Fsp3) is 0.524. The largest absolute Gasteiger partial charge is 0.381 e. The molecule has 2 saturated heterocycles. The normalized spacial score (nSPS) is 21.4. The molecular formula is C21H25FN4O2. The lowest BCUT2D eigenvalue weighted by molar-refractivity contribution is -0.144. The molecule has 0 atom stereocenters. The molecule has 1 amide bonds. The van der Waals surface area contributed by atoms with Gasteiger partial charge in [-0.05, 0) is 37.1 Å². The monoisotopic (exact) mass is 384 g/mol. The Labute approximate surface area is 163 Å². The van der Waals surface area contributed by atoms with Crippen molar-refractivity contribution in [3.05, 3.63) is 47.8 Å². The van der Waals surface area contributed by atoms with Crippen molar-refractivity contribution in [2.75, 3.05) is 32.8 Å². The molecule has 4 heterocycles. The van der Waals surface area contributed by atoms with E-state index in [4.69, 9.17) is 4.74 Å². The van der Waals surface area contributed by atoms with Crippen LogP contribution in [-0.2, 0) is 22.5 Å². The lowest BCUT2D eigenvalue weighted by Crippen LogP contribution is -2.59. The molecule has 1 aromatic carbocycles. The number of rotatable bonds is 3. The van der Waals surface area contributed by atoms with Crippen LogP contribution in [0.3, 0.4) is 0 Å². The number of fused-ring (bicyclic) bond motifs is 1. The highest BCUT2D eigenvalue weighted by molar-refractivity contribution is 5.80. The molecule has 0 saturated carbocycles. The molecule has 6 nitrogen and oxygen atoms in total. The van der Waals surface area contributed by atoms with Crippen molar-refractivity contribution in [2.24, 2.45) is 5.92 Å². The van der Waals surface area contributed by atoms with Crippen LogP contribution in [0, 0.1) is 11.7 Å². The average Bonchev–Trinajstić information content (AvgIpc) is 3.11. The van der Waals surface area contributed by atoms with Crippen molar-refractivity contribution in [3.8, 4) is 5.69 Å². The summed E-state index contributed by atoms with van der Waals surface area (Å²) in [6, 6.07) is 7.02. The number of carbonyl (C=O) groups is 1. The molecule has 0 aliphatic carbocycles. The Morgan fingerprint density at radius 2 is 1.89 bits per heavy atom. The predicted octanol–water partition coefficient (Wildman–Crippen LogP) is 2.01. The van der Waals surface area contributed by atoms with Gasteiger partial charge in [0.2, 0.25) is 5.91 Å². The Balaban J connectivity index is 1.22. The lowest BCUT2D eigenvalue weighted by Gasteiger charge is -2.46. The number of benzene rings is 1. The molecule has 0 unspecified atom stereocenters. The summed E-state index contributed by atoms with van der Waals surface area (Å²) in [5.74, 6) is 0.124. The Bertz CT molecular complexity index is 854. The fourth-order valence-corrected chi connectivity index (χ4v) is 4.60. The number of hydrogen-bond donors (Lipinski definition) is 0. The Morgan fingerprint density at radius 3 is 2.64 bits per heavy atom. The molecule has 2 aromatic rings. The summed E-state index contributed by atoms with van der Waals surface area (Å²) in [6.45, 7) is 4.70. The zero-order valence-electron chi connectivity index (χ0n) is 15.9. The third-order valence-electron chi connectivity index (χ3n) is 6.29. The number of ether oxygens (including phenoxy) is 1. The van der Waals surface area contributed by atoms with Crippen LogP contribution in [-0.4, -0.2) is 64.1 Å². The highest BCUT2D eigenvalue weighted by atomic mass is 19.1. The molecule has 28 heavy (non-hydrogen) atoms. The van der Waals surface area contributed by atoms with Gasteiger partial charge >= 0.3 is 0 Å². The van der Waals surface area contributed by atoms with Gasteiger partial charge < -0.3 is 14.2 Å². The van der Waals surface area contributed by atoms with Crippen LogP contribution >= 0.6 is 0 Å². The van der Waals surface area contributed by atoms with Gasteiger partial charge in [-0.15, -0.1) is 0 Å². The number of halogens is 1. The van der Waals surface area contributed by atoms with E-state index in [-0.39, 0.29) is 17.6 Å². The molecule has 7 heteroatoms. The number of amides is 1. The summed E-state index contributed by atoms with van der Waals surface area (Å²) in [4.78, 5) is 21.9.